The summed E-state index contributed by atoms with van der Waals surface area (Å²) in [5, 5.41) is 9.54. The van der Waals surface area contributed by atoms with E-state index in [1.54, 1.807) is 0 Å². The summed E-state index contributed by atoms with van der Waals surface area (Å²) in [5.41, 5.74) is 5.72. The summed E-state index contributed by atoms with van der Waals surface area (Å²) in [6, 6.07) is 2.47. The van der Waals surface area contributed by atoms with Crippen molar-refractivity contribution in [2.24, 2.45) is 5.73 Å². The lowest BCUT2D eigenvalue weighted by Crippen LogP contribution is -2.41. The Kier molecular flexibility index (Phi) is 2.38. The number of aromatic hydroxyl groups is 1. The zero-order valence-electron chi connectivity index (χ0n) is 8.26. The molecule has 3 N–H and O–H groups in total. The number of rotatable bonds is 2. The van der Waals surface area contributed by atoms with Crippen LogP contribution in [0.4, 0.5) is 8.78 Å². The van der Waals surface area contributed by atoms with Crippen molar-refractivity contribution in [1.82, 2.24) is 0 Å². The van der Waals surface area contributed by atoms with Crippen molar-refractivity contribution in [2.45, 2.75) is 24.7 Å². The summed E-state index contributed by atoms with van der Waals surface area (Å²) < 4.78 is 26.0. The molecule has 15 heavy (non-hydrogen) atoms. The van der Waals surface area contributed by atoms with Crippen LogP contribution < -0.4 is 5.73 Å². The summed E-state index contributed by atoms with van der Waals surface area (Å²) in [5.74, 6) is -2.78. The van der Waals surface area contributed by atoms with E-state index in [-0.39, 0.29) is 5.41 Å². The Balaban J connectivity index is 2.49. The molecule has 0 heterocycles. The molecular formula is C11H13F2NO. The topological polar surface area (TPSA) is 46.2 Å². The molecule has 0 aromatic heterocycles. The van der Waals surface area contributed by atoms with Gasteiger partial charge in [-0.05, 0) is 18.9 Å². The second kappa shape index (κ2) is 3.45. The standard InChI is InChI=1S/C11H13F2NO/c12-8-3-2-7(10(15)9(8)13)11(6-14)4-1-5-11/h2-3,15H,1,4-6,14H2. The number of hydrogen-bond donors (Lipinski definition) is 2. The Morgan fingerprint density at radius 3 is 2.47 bits per heavy atom. The molecule has 0 bridgehead atoms. The van der Waals surface area contributed by atoms with Gasteiger partial charge in [0.05, 0.1) is 0 Å². The molecule has 1 aromatic carbocycles. The normalized spacial score (nSPS) is 18.6. The molecule has 4 heteroatoms. The van der Waals surface area contributed by atoms with Gasteiger partial charge in [-0.1, -0.05) is 12.5 Å². The molecule has 1 aliphatic carbocycles. The monoisotopic (exact) mass is 213 g/mol. The highest BCUT2D eigenvalue weighted by atomic mass is 19.2. The second-order valence-electron chi connectivity index (χ2n) is 4.10. The third kappa shape index (κ3) is 1.40. The van der Waals surface area contributed by atoms with Crippen molar-refractivity contribution in [3.8, 4) is 5.75 Å². The van der Waals surface area contributed by atoms with Crippen LogP contribution in [0.15, 0.2) is 12.1 Å². The van der Waals surface area contributed by atoms with E-state index in [9.17, 15) is 13.9 Å². The zero-order valence-corrected chi connectivity index (χ0v) is 8.26. The van der Waals surface area contributed by atoms with Gasteiger partial charge >= 0.3 is 0 Å². The zero-order chi connectivity index (χ0) is 11.1. The third-order valence-corrected chi connectivity index (χ3v) is 3.34. The van der Waals surface area contributed by atoms with Crippen LogP contribution in [0.3, 0.4) is 0 Å². The number of halogens is 2. The van der Waals surface area contributed by atoms with E-state index in [1.807, 2.05) is 0 Å². The Labute approximate surface area is 86.7 Å². The van der Waals surface area contributed by atoms with Crippen molar-refractivity contribution in [2.75, 3.05) is 6.54 Å². The van der Waals surface area contributed by atoms with Gasteiger partial charge in [-0.25, -0.2) is 4.39 Å². The lowest BCUT2D eigenvalue weighted by molar-refractivity contribution is 0.241. The third-order valence-electron chi connectivity index (χ3n) is 3.34. The van der Waals surface area contributed by atoms with E-state index in [1.165, 1.54) is 6.07 Å². The molecule has 0 radical (unpaired) electrons. The molecule has 0 saturated heterocycles. The first-order chi connectivity index (χ1) is 7.10. The maximum Gasteiger partial charge on any atom is 0.200 e. The highest BCUT2D eigenvalue weighted by Crippen LogP contribution is 2.46. The van der Waals surface area contributed by atoms with Crippen molar-refractivity contribution in [3.63, 3.8) is 0 Å². The number of benzene rings is 1. The number of nitrogens with two attached hydrogens (primary N) is 1. The molecule has 1 fully saturated rings. The average Bonchev–Trinajstić information content (AvgIpc) is 2.17. The minimum absolute atomic E-state index is 0.349. The molecule has 2 nitrogen and oxygen atoms in total. The number of phenols is 1. The first-order valence-electron chi connectivity index (χ1n) is 4.98. The Morgan fingerprint density at radius 1 is 1.33 bits per heavy atom. The largest absolute Gasteiger partial charge is 0.505 e. The highest BCUT2D eigenvalue weighted by Gasteiger charge is 2.40. The van der Waals surface area contributed by atoms with Gasteiger partial charge in [0.25, 0.3) is 0 Å². The molecule has 0 spiro atoms. The fourth-order valence-electron chi connectivity index (χ4n) is 2.15. The van der Waals surface area contributed by atoms with Crippen LogP contribution in [0.25, 0.3) is 0 Å². The van der Waals surface area contributed by atoms with Gasteiger partial charge in [0.15, 0.2) is 11.6 Å². The SMILES string of the molecule is NCC1(c2ccc(F)c(F)c2O)CCC1. The molecule has 0 amide bonds. The van der Waals surface area contributed by atoms with Crippen LogP contribution >= 0.6 is 0 Å². The molecule has 1 saturated carbocycles. The summed E-state index contributed by atoms with van der Waals surface area (Å²) in [6.07, 6.45) is 2.65. The van der Waals surface area contributed by atoms with Crippen LogP contribution in [0.5, 0.6) is 5.75 Å². The first kappa shape index (κ1) is 10.4. The smallest absolute Gasteiger partial charge is 0.200 e. The van der Waals surface area contributed by atoms with Crippen LogP contribution in [0.2, 0.25) is 0 Å². The molecule has 2 rings (SSSR count). The second-order valence-corrected chi connectivity index (χ2v) is 4.10. The van der Waals surface area contributed by atoms with Crippen molar-refractivity contribution >= 4 is 0 Å². The van der Waals surface area contributed by atoms with Crippen LogP contribution in [-0.2, 0) is 5.41 Å². The minimum atomic E-state index is -1.17. The van der Waals surface area contributed by atoms with E-state index in [0.717, 1.165) is 25.3 Å². The molecule has 0 aliphatic heterocycles. The van der Waals surface area contributed by atoms with E-state index in [2.05, 4.69) is 0 Å². The van der Waals surface area contributed by atoms with E-state index < -0.39 is 17.4 Å². The van der Waals surface area contributed by atoms with Gasteiger partial charge in [0.1, 0.15) is 0 Å². The van der Waals surface area contributed by atoms with Crippen molar-refractivity contribution < 1.29 is 13.9 Å². The summed E-state index contributed by atoms with van der Waals surface area (Å²) in [4.78, 5) is 0. The average molecular weight is 213 g/mol. The van der Waals surface area contributed by atoms with Gasteiger partial charge in [0.2, 0.25) is 5.82 Å². The van der Waals surface area contributed by atoms with E-state index >= 15 is 0 Å². The molecule has 0 unspecified atom stereocenters. The van der Waals surface area contributed by atoms with Crippen LogP contribution in [0, 0.1) is 11.6 Å². The number of phenolic OH excluding ortho intramolecular Hbond substituents is 1. The van der Waals surface area contributed by atoms with Crippen LogP contribution in [-0.4, -0.2) is 11.7 Å². The van der Waals surface area contributed by atoms with Gasteiger partial charge < -0.3 is 10.8 Å². The van der Waals surface area contributed by atoms with E-state index in [4.69, 9.17) is 5.73 Å². The molecular weight excluding hydrogens is 200 g/mol. The van der Waals surface area contributed by atoms with Gasteiger partial charge in [-0.3, -0.25) is 0 Å². The van der Waals surface area contributed by atoms with E-state index in [0.29, 0.717) is 12.1 Å². The molecule has 82 valence electrons. The maximum atomic E-state index is 13.2. The predicted molar refractivity (Wildman–Crippen MR) is 52.6 cm³/mol. The molecule has 1 aliphatic rings. The first-order valence-corrected chi connectivity index (χ1v) is 4.98. The maximum absolute atomic E-state index is 13.2. The molecule has 0 atom stereocenters. The lowest BCUT2D eigenvalue weighted by atomic mass is 9.64. The van der Waals surface area contributed by atoms with Gasteiger partial charge in [-0.15, -0.1) is 0 Å². The van der Waals surface area contributed by atoms with Gasteiger partial charge in [0, 0.05) is 17.5 Å². The lowest BCUT2D eigenvalue weighted by Gasteiger charge is -2.41. The quantitative estimate of drug-likeness (QED) is 0.789. The summed E-state index contributed by atoms with van der Waals surface area (Å²) >= 11 is 0. The Morgan fingerprint density at radius 2 is 2.00 bits per heavy atom. The minimum Gasteiger partial charge on any atom is -0.505 e. The highest BCUT2D eigenvalue weighted by molar-refractivity contribution is 5.42. The fourth-order valence-corrected chi connectivity index (χ4v) is 2.15. The predicted octanol–water partition coefficient (Wildman–Crippen LogP) is 2.05. The fraction of sp³-hybridized carbons (Fsp3) is 0.455. The Hall–Kier alpha value is -1.16. The van der Waals surface area contributed by atoms with Gasteiger partial charge in [-0.2, -0.15) is 4.39 Å². The Bertz CT molecular complexity index is 383. The van der Waals surface area contributed by atoms with Crippen molar-refractivity contribution in [3.05, 3.63) is 29.3 Å². The summed E-state index contributed by atoms with van der Waals surface area (Å²) in [7, 11) is 0. The van der Waals surface area contributed by atoms with Crippen LogP contribution in [0.1, 0.15) is 24.8 Å². The number of hydrogen-bond acceptors (Lipinski definition) is 2. The van der Waals surface area contributed by atoms with Crippen molar-refractivity contribution in [1.29, 1.82) is 0 Å². The summed E-state index contributed by atoms with van der Waals surface area (Å²) in [6.45, 7) is 0.353. The molecule has 1 aromatic rings.